The summed E-state index contributed by atoms with van der Waals surface area (Å²) < 4.78 is 6.82. The predicted molar refractivity (Wildman–Crippen MR) is 62.6 cm³/mol. The van der Waals surface area contributed by atoms with E-state index in [2.05, 4.69) is 5.32 Å². The Morgan fingerprint density at radius 3 is 2.71 bits per heavy atom. The van der Waals surface area contributed by atoms with Crippen molar-refractivity contribution in [3.63, 3.8) is 0 Å². The maximum absolute atomic E-state index is 11.6. The summed E-state index contributed by atoms with van der Waals surface area (Å²) in [6, 6.07) is 3.00. The van der Waals surface area contributed by atoms with E-state index in [1.54, 1.807) is 17.7 Å². The molecule has 2 amide bonds. The van der Waals surface area contributed by atoms with Crippen LogP contribution < -0.4 is 11.1 Å². The normalized spacial score (nSPS) is 10.0. The van der Waals surface area contributed by atoms with Gasteiger partial charge in [0.2, 0.25) is 0 Å². The zero-order valence-corrected chi connectivity index (χ0v) is 10.0. The van der Waals surface area contributed by atoms with Gasteiger partial charge >= 0.3 is 12.0 Å². The first kappa shape index (κ1) is 13.1. The molecule has 0 bridgehead atoms. The Morgan fingerprint density at radius 2 is 2.18 bits per heavy atom. The summed E-state index contributed by atoms with van der Waals surface area (Å²) in [6.07, 6.45) is 0.540. The van der Waals surface area contributed by atoms with Crippen LogP contribution in [-0.2, 0) is 11.8 Å². The third-order valence-electron chi connectivity index (χ3n) is 2.44. The van der Waals surface area contributed by atoms with Crippen LogP contribution in [0.1, 0.15) is 22.6 Å². The van der Waals surface area contributed by atoms with E-state index in [0.29, 0.717) is 18.7 Å². The van der Waals surface area contributed by atoms with Crippen LogP contribution in [0.15, 0.2) is 12.1 Å². The fourth-order valence-electron chi connectivity index (χ4n) is 1.34. The third kappa shape index (κ3) is 3.82. The van der Waals surface area contributed by atoms with Gasteiger partial charge in [-0.3, -0.25) is 0 Å². The van der Waals surface area contributed by atoms with Gasteiger partial charge in [0.15, 0.2) is 0 Å². The van der Waals surface area contributed by atoms with Crippen LogP contribution in [-0.4, -0.2) is 29.7 Å². The van der Waals surface area contributed by atoms with Crippen LogP contribution in [0, 0.1) is 6.92 Å². The fraction of sp³-hybridized carbons (Fsp3) is 0.455. The van der Waals surface area contributed by atoms with Gasteiger partial charge in [-0.15, -0.1) is 0 Å². The third-order valence-corrected chi connectivity index (χ3v) is 2.44. The van der Waals surface area contributed by atoms with Crippen LogP contribution in [0.3, 0.4) is 0 Å². The number of esters is 1. The quantitative estimate of drug-likeness (QED) is 0.581. The molecule has 0 atom stereocenters. The van der Waals surface area contributed by atoms with Crippen molar-refractivity contribution in [1.82, 2.24) is 9.88 Å². The molecule has 1 heterocycles. The second-order valence-corrected chi connectivity index (χ2v) is 3.70. The lowest BCUT2D eigenvalue weighted by atomic mass is 10.4. The average Bonchev–Trinajstić information content (AvgIpc) is 2.59. The van der Waals surface area contributed by atoms with Gasteiger partial charge in [-0.05, 0) is 25.5 Å². The lowest BCUT2D eigenvalue weighted by Gasteiger charge is -2.06. The Morgan fingerprint density at radius 1 is 1.47 bits per heavy atom. The highest BCUT2D eigenvalue weighted by Gasteiger charge is 2.11. The molecule has 0 aliphatic rings. The summed E-state index contributed by atoms with van der Waals surface area (Å²) in [5, 5.41) is 2.42. The number of ether oxygens (including phenoxy) is 1. The second kappa shape index (κ2) is 5.93. The molecule has 1 aromatic heterocycles. The lowest BCUT2D eigenvalue weighted by molar-refractivity contribution is 0.0490. The second-order valence-electron chi connectivity index (χ2n) is 3.70. The number of urea groups is 1. The van der Waals surface area contributed by atoms with Crippen molar-refractivity contribution in [1.29, 1.82) is 0 Å². The number of hydrogen-bond donors (Lipinski definition) is 2. The van der Waals surface area contributed by atoms with E-state index in [-0.39, 0.29) is 12.6 Å². The zero-order chi connectivity index (χ0) is 12.8. The topological polar surface area (TPSA) is 86.3 Å². The Hall–Kier alpha value is -1.98. The van der Waals surface area contributed by atoms with E-state index in [4.69, 9.17) is 10.5 Å². The number of nitrogens with zero attached hydrogens (tertiary/aromatic N) is 1. The summed E-state index contributed by atoms with van der Waals surface area (Å²) in [6.45, 7) is 2.56. The summed E-state index contributed by atoms with van der Waals surface area (Å²) >= 11 is 0. The molecular formula is C11H17N3O3. The first-order valence-electron chi connectivity index (χ1n) is 5.35. The predicted octanol–water partition coefficient (Wildman–Crippen LogP) is 0.549. The van der Waals surface area contributed by atoms with Crippen molar-refractivity contribution in [2.75, 3.05) is 13.2 Å². The van der Waals surface area contributed by atoms with Gasteiger partial charge in [0.25, 0.3) is 0 Å². The minimum absolute atomic E-state index is 0.253. The molecule has 0 unspecified atom stereocenters. The standard InChI is InChI=1S/C11H17N3O3/c1-8-4-5-9(14(8)2)10(15)17-7-3-6-13-11(12)16/h4-5H,3,6-7H2,1-2H3,(H3,12,13,16). The molecule has 0 spiro atoms. The van der Waals surface area contributed by atoms with Crippen LogP contribution in [0.2, 0.25) is 0 Å². The van der Waals surface area contributed by atoms with Gasteiger partial charge in [0.1, 0.15) is 5.69 Å². The molecule has 0 aliphatic carbocycles. The van der Waals surface area contributed by atoms with E-state index >= 15 is 0 Å². The number of nitrogens with one attached hydrogen (secondary N) is 1. The molecule has 6 heteroatoms. The Balaban J connectivity index is 2.31. The molecule has 0 aromatic carbocycles. The van der Waals surface area contributed by atoms with Crippen LogP contribution in [0.5, 0.6) is 0 Å². The lowest BCUT2D eigenvalue weighted by Crippen LogP contribution is -2.30. The van der Waals surface area contributed by atoms with E-state index in [0.717, 1.165) is 5.69 Å². The fourth-order valence-corrected chi connectivity index (χ4v) is 1.34. The molecule has 17 heavy (non-hydrogen) atoms. The number of carbonyl (C=O) groups is 2. The van der Waals surface area contributed by atoms with E-state index in [1.165, 1.54) is 0 Å². The van der Waals surface area contributed by atoms with Crippen molar-refractivity contribution in [3.8, 4) is 0 Å². The molecule has 0 saturated carbocycles. The number of nitrogens with two attached hydrogens (primary N) is 1. The SMILES string of the molecule is Cc1ccc(C(=O)OCCCNC(N)=O)n1C. The molecule has 94 valence electrons. The molecule has 6 nitrogen and oxygen atoms in total. The summed E-state index contributed by atoms with van der Waals surface area (Å²) in [5.74, 6) is -0.361. The molecule has 0 aliphatic heterocycles. The number of hydrogen-bond acceptors (Lipinski definition) is 3. The molecular weight excluding hydrogens is 222 g/mol. The highest BCUT2D eigenvalue weighted by molar-refractivity contribution is 5.87. The Labute approximate surface area is 99.7 Å². The number of aryl methyl sites for hydroxylation is 1. The Bertz CT molecular complexity index is 412. The monoisotopic (exact) mass is 239 g/mol. The smallest absolute Gasteiger partial charge is 0.354 e. The zero-order valence-electron chi connectivity index (χ0n) is 10.0. The highest BCUT2D eigenvalue weighted by atomic mass is 16.5. The molecule has 0 radical (unpaired) electrons. The maximum atomic E-state index is 11.6. The van der Waals surface area contributed by atoms with Crippen molar-refractivity contribution in [3.05, 3.63) is 23.5 Å². The first-order valence-corrected chi connectivity index (χ1v) is 5.35. The Kier molecular flexibility index (Phi) is 4.56. The van der Waals surface area contributed by atoms with Crippen LogP contribution >= 0.6 is 0 Å². The van der Waals surface area contributed by atoms with E-state index in [9.17, 15) is 9.59 Å². The number of carbonyl (C=O) groups excluding carboxylic acids is 2. The van der Waals surface area contributed by atoms with Gasteiger partial charge in [0, 0.05) is 19.3 Å². The van der Waals surface area contributed by atoms with Gasteiger partial charge < -0.3 is 20.4 Å². The van der Waals surface area contributed by atoms with Crippen LogP contribution in [0.25, 0.3) is 0 Å². The number of primary amides is 1. The number of rotatable bonds is 5. The van der Waals surface area contributed by atoms with Gasteiger partial charge in [-0.25, -0.2) is 9.59 Å². The first-order chi connectivity index (χ1) is 8.02. The molecule has 1 rings (SSSR count). The van der Waals surface area contributed by atoms with Crippen molar-refractivity contribution in [2.45, 2.75) is 13.3 Å². The average molecular weight is 239 g/mol. The summed E-state index contributed by atoms with van der Waals surface area (Å²) in [5.41, 5.74) is 6.40. The van der Waals surface area contributed by atoms with Gasteiger partial charge in [-0.1, -0.05) is 0 Å². The van der Waals surface area contributed by atoms with Gasteiger partial charge in [-0.2, -0.15) is 0 Å². The van der Waals surface area contributed by atoms with Crippen molar-refractivity contribution < 1.29 is 14.3 Å². The minimum Gasteiger partial charge on any atom is -0.461 e. The number of amides is 2. The number of aromatic nitrogens is 1. The van der Waals surface area contributed by atoms with E-state index in [1.807, 2.05) is 13.0 Å². The molecule has 0 fully saturated rings. The maximum Gasteiger partial charge on any atom is 0.354 e. The summed E-state index contributed by atoms with van der Waals surface area (Å²) in [7, 11) is 1.81. The highest BCUT2D eigenvalue weighted by Crippen LogP contribution is 2.07. The molecule has 3 N–H and O–H groups in total. The van der Waals surface area contributed by atoms with Crippen molar-refractivity contribution >= 4 is 12.0 Å². The van der Waals surface area contributed by atoms with Crippen molar-refractivity contribution in [2.24, 2.45) is 12.8 Å². The van der Waals surface area contributed by atoms with Crippen LogP contribution in [0.4, 0.5) is 4.79 Å². The minimum atomic E-state index is -0.575. The largest absolute Gasteiger partial charge is 0.461 e. The van der Waals surface area contributed by atoms with E-state index < -0.39 is 6.03 Å². The molecule has 1 aromatic rings. The van der Waals surface area contributed by atoms with Gasteiger partial charge in [0.05, 0.1) is 6.61 Å². The molecule has 0 saturated heterocycles. The summed E-state index contributed by atoms with van der Waals surface area (Å²) in [4.78, 5) is 22.0.